The fourth-order valence-corrected chi connectivity index (χ4v) is 5.51. The van der Waals surface area contributed by atoms with Gasteiger partial charge in [-0.1, -0.05) is 23.7 Å². The van der Waals surface area contributed by atoms with E-state index >= 15 is 0 Å². The zero-order valence-corrected chi connectivity index (χ0v) is 18.0. The summed E-state index contributed by atoms with van der Waals surface area (Å²) in [6.45, 7) is 0.601. The van der Waals surface area contributed by atoms with Crippen LogP contribution >= 0.6 is 11.6 Å². The number of benzene rings is 2. The topological polar surface area (TPSA) is 66.9 Å². The SMILES string of the molecule is COc1ccc(Cl)c(N2CCC3(CCC(N4C(=O)c5ccccc5C4=O)CC3)C2=O)c1. The zero-order chi connectivity index (χ0) is 21.8. The van der Waals surface area contributed by atoms with Gasteiger partial charge in [-0.25, -0.2) is 0 Å². The van der Waals surface area contributed by atoms with E-state index in [4.69, 9.17) is 16.3 Å². The third-order valence-electron chi connectivity index (χ3n) is 7.06. The standard InChI is InChI=1S/C24H23ClN2O4/c1-31-16-6-7-19(25)20(14-16)26-13-12-24(23(26)30)10-8-15(9-11-24)27-21(28)17-4-2-3-5-18(17)22(27)29/h2-7,14-15H,8-13H2,1H3. The molecule has 0 radical (unpaired) electrons. The van der Waals surface area contributed by atoms with Crippen molar-refractivity contribution in [2.75, 3.05) is 18.6 Å². The summed E-state index contributed by atoms with van der Waals surface area (Å²) in [5.74, 6) is 0.291. The molecule has 1 spiro atoms. The molecule has 0 atom stereocenters. The molecule has 0 bridgehead atoms. The normalized spacial score (nSPS) is 25.5. The smallest absolute Gasteiger partial charge is 0.261 e. The Labute approximate surface area is 185 Å². The number of amides is 3. The number of imide groups is 1. The maximum absolute atomic E-state index is 13.4. The summed E-state index contributed by atoms with van der Waals surface area (Å²) in [7, 11) is 1.58. The van der Waals surface area contributed by atoms with Gasteiger partial charge in [0.2, 0.25) is 5.91 Å². The molecule has 5 rings (SSSR count). The second kappa shape index (κ2) is 7.38. The molecule has 1 saturated carbocycles. The van der Waals surface area contributed by atoms with E-state index in [1.54, 1.807) is 54.5 Å². The van der Waals surface area contributed by atoms with Crippen LogP contribution in [0.3, 0.4) is 0 Å². The number of carbonyl (C=O) groups excluding carboxylic acids is 3. The van der Waals surface area contributed by atoms with Crippen molar-refractivity contribution in [3.05, 3.63) is 58.6 Å². The van der Waals surface area contributed by atoms with Crippen LogP contribution in [0.5, 0.6) is 5.75 Å². The van der Waals surface area contributed by atoms with Crippen LogP contribution in [-0.2, 0) is 4.79 Å². The lowest BCUT2D eigenvalue weighted by Crippen LogP contribution is -2.46. The molecule has 160 valence electrons. The molecule has 2 aliphatic heterocycles. The van der Waals surface area contributed by atoms with Crippen molar-refractivity contribution < 1.29 is 19.1 Å². The number of carbonyl (C=O) groups is 3. The van der Waals surface area contributed by atoms with E-state index in [-0.39, 0.29) is 23.8 Å². The van der Waals surface area contributed by atoms with E-state index in [1.807, 2.05) is 0 Å². The van der Waals surface area contributed by atoms with Gasteiger partial charge in [0, 0.05) is 18.7 Å². The van der Waals surface area contributed by atoms with Crippen molar-refractivity contribution in [3.8, 4) is 5.75 Å². The summed E-state index contributed by atoms with van der Waals surface area (Å²) in [5.41, 5.74) is 1.17. The van der Waals surface area contributed by atoms with Gasteiger partial charge in [0.1, 0.15) is 5.75 Å². The molecule has 2 heterocycles. The molecule has 0 unspecified atom stereocenters. The summed E-state index contributed by atoms with van der Waals surface area (Å²) in [6, 6.07) is 12.1. The minimum Gasteiger partial charge on any atom is -0.497 e. The lowest BCUT2D eigenvalue weighted by molar-refractivity contribution is -0.127. The highest BCUT2D eigenvalue weighted by atomic mass is 35.5. The largest absolute Gasteiger partial charge is 0.497 e. The van der Waals surface area contributed by atoms with Gasteiger partial charge in [0.25, 0.3) is 11.8 Å². The molecule has 3 aliphatic rings. The van der Waals surface area contributed by atoms with Crippen molar-refractivity contribution in [2.45, 2.75) is 38.1 Å². The number of fused-ring (bicyclic) bond motifs is 1. The molecule has 3 amide bonds. The fraction of sp³-hybridized carbons (Fsp3) is 0.375. The molecule has 0 aromatic heterocycles. The number of ether oxygens (including phenoxy) is 1. The highest BCUT2D eigenvalue weighted by Gasteiger charge is 2.51. The fourth-order valence-electron chi connectivity index (χ4n) is 5.29. The van der Waals surface area contributed by atoms with Crippen molar-refractivity contribution >= 4 is 35.0 Å². The summed E-state index contributed by atoms with van der Waals surface area (Å²) < 4.78 is 5.29. The summed E-state index contributed by atoms with van der Waals surface area (Å²) in [5, 5.41) is 0.519. The third-order valence-corrected chi connectivity index (χ3v) is 7.38. The average molecular weight is 439 g/mol. The maximum atomic E-state index is 13.4. The van der Waals surface area contributed by atoms with Crippen molar-refractivity contribution in [3.63, 3.8) is 0 Å². The van der Waals surface area contributed by atoms with E-state index in [1.165, 1.54) is 4.90 Å². The number of anilines is 1. The van der Waals surface area contributed by atoms with Gasteiger partial charge in [-0.15, -0.1) is 0 Å². The van der Waals surface area contributed by atoms with Crippen molar-refractivity contribution in [2.24, 2.45) is 5.41 Å². The molecule has 7 heteroatoms. The third kappa shape index (κ3) is 3.04. The van der Waals surface area contributed by atoms with Gasteiger partial charge >= 0.3 is 0 Å². The molecule has 2 aromatic carbocycles. The predicted molar refractivity (Wildman–Crippen MR) is 117 cm³/mol. The lowest BCUT2D eigenvalue weighted by atomic mass is 9.71. The molecule has 1 saturated heterocycles. The van der Waals surface area contributed by atoms with E-state index in [2.05, 4.69) is 0 Å². The van der Waals surface area contributed by atoms with E-state index in [0.29, 0.717) is 59.8 Å². The minimum absolute atomic E-state index is 0.0727. The Morgan fingerprint density at radius 1 is 0.968 bits per heavy atom. The second-order valence-corrected chi connectivity index (χ2v) is 8.97. The van der Waals surface area contributed by atoms with Crippen molar-refractivity contribution in [1.82, 2.24) is 4.90 Å². The van der Waals surface area contributed by atoms with Gasteiger partial charge in [-0.05, 0) is 56.4 Å². The number of rotatable bonds is 3. The first-order chi connectivity index (χ1) is 14.9. The first-order valence-corrected chi connectivity index (χ1v) is 11.0. The summed E-state index contributed by atoms with van der Waals surface area (Å²) >= 11 is 6.38. The molecule has 0 N–H and O–H groups in total. The van der Waals surface area contributed by atoms with Crippen LogP contribution in [0.15, 0.2) is 42.5 Å². The predicted octanol–water partition coefficient (Wildman–Crippen LogP) is 4.31. The Morgan fingerprint density at radius 3 is 2.23 bits per heavy atom. The van der Waals surface area contributed by atoms with E-state index in [9.17, 15) is 14.4 Å². The van der Waals surface area contributed by atoms with Crippen LogP contribution < -0.4 is 9.64 Å². The Hall–Kier alpha value is -2.86. The van der Waals surface area contributed by atoms with Gasteiger partial charge in [0.05, 0.1) is 34.4 Å². The van der Waals surface area contributed by atoms with E-state index in [0.717, 1.165) is 6.42 Å². The average Bonchev–Trinajstić information content (AvgIpc) is 3.24. The Kier molecular flexibility index (Phi) is 4.77. The minimum atomic E-state index is -0.457. The zero-order valence-electron chi connectivity index (χ0n) is 17.3. The van der Waals surface area contributed by atoms with Crippen molar-refractivity contribution in [1.29, 1.82) is 0 Å². The number of halogens is 1. The molecule has 31 heavy (non-hydrogen) atoms. The number of hydrogen-bond acceptors (Lipinski definition) is 4. The van der Waals surface area contributed by atoms with Crippen LogP contribution in [0.1, 0.15) is 52.8 Å². The van der Waals surface area contributed by atoms with E-state index < -0.39 is 5.41 Å². The quantitative estimate of drug-likeness (QED) is 0.670. The highest BCUT2D eigenvalue weighted by Crippen LogP contribution is 2.48. The molecular weight excluding hydrogens is 416 g/mol. The Bertz CT molecular complexity index is 1060. The van der Waals surface area contributed by atoms with Crippen LogP contribution in [0.2, 0.25) is 5.02 Å². The van der Waals surface area contributed by atoms with Crippen LogP contribution in [0, 0.1) is 5.41 Å². The van der Waals surface area contributed by atoms with Crippen LogP contribution in [-0.4, -0.2) is 42.3 Å². The first-order valence-electron chi connectivity index (χ1n) is 10.6. The van der Waals surface area contributed by atoms with Gasteiger partial charge in [-0.2, -0.15) is 0 Å². The first kappa shape index (κ1) is 20.1. The number of methoxy groups -OCH3 is 1. The maximum Gasteiger partial charge on any atom is 0.261 e. The number of nitrogens with zero attached hydrogens (tertiary/aromatic N) is 2. The number of hydrogen-bond donors (Lipinski definition) is 0. The monoisotopic (exact) mass is 438 g/mol. The Balaban J connectivity index is 1.33. The highest BCUT2D eigenvalue weighted by molar-refractivity contribution is 6.34. The Morgan fingerprint density at radius 2 is 1.61 bits per heavy atom. The van der Waals surface area contributed by atoms with Gasteiger partial charge < -0.3 is 9.64 Å². The molecule has 1 aliphatic carbocycles. The molecular formula is C24H23ClN2O4. The van der Waals surface area contributed by atoms with Gasteiger partial charge in [0.15, 0.2) is 0 Å². The molecule has 6 nitrogen and oxygen atoms in total. The lowest BCUT2D eigenvalue weighted by Gasteiger charge is -2.38. The molecule has 2 aromatic rings. The summed E-state index contributed by atoms with van der Waals surface area (Å²) in [6.07, 6.45) is 3.33. The second-order valence-electron chi connectivity index (χ2n) is 8.56. The van der Waals surface area contributed by atoms with Gasteiger partial charge in [-0.3, -0.25) is 19.3 Å². The summed E-state index contributed by atoms with van der Waals surface area (Å²) in [4.78, 5) is 42.3. The van der Waals surface area contributed by atoms with Crippen LogP contribution in [0.25, 0.3) is 0 Å². The van der Waals surface area contributed by atoms with Crippen LogP contribution in [0.4, 0.5) is 5.69 Å². The molecule has 2 fully saturated rings.